The van der Waals surface area contributed by atoms with Crippen LogP contribution in [0.25, 0.3) is 22.8 Å². The minimum Gasteiger partial charge on any atom is -0.870 e. The van der Waals surface area contributed by atoms with Crippen LogP contribution in [0.5, 0.6) is 23.5 Å². The van der Waals surface area contributed by atoms with Gasteiger partial charge in [-0.1, -0.05) is 30.3 Å². The van der Waals surface area contributed by atoms with E-state index in [-0.39, 0.29) is 63.1 Å². The molecule has 2 radical (unpaired) electrons. The number of hydrogen-bond acceptors (Lipinski definition) is 15. The standard InChI is InChI=1S/2C10H8N2O2.2Cu.2NO3.H2O/c2*13-9-5-1-3-7(11-9)8-4-2-6-10(14)12-8;;;2*2-1(3)4;/h2*1-6H,(H,11,13)(H,12,14);;;;;1H2/q;;2*+2;2*-1;/p-2. The second-order valence-electron chi connectivity index (χ2n) is 5.95. The molecule has 0 unspecified atom stereocenters. The number of rotatable bonds is 2. The summed E-state index contributed by atoms with van der Waals surface area (Å²) >= 11 is 0. The van der Waals surface area contributed by atoms with Gasteiger partial charge in [0.2, 0.25) is 17.6 Å². The van der Waals surface area contributed by atoms with E-state index in [1.54, 1.807) is 48.5 Å². The van der Waals surface area contributed by atoms with Crippen molar-refractivity contribution in [2.75, 3.05) is 0 Å². The first-order chi connectivity index (χ1) is 17.0. The quantitative estimate of drug-likeness (QED) is 0.159. The summed E-state index contributed by atoms with van der Waals surface area (Å²) in [5, 5.41) is 67.9. The van der Waals surface area contributed by atoms with Crippen LogP contribution in [0, 0.1) is 30.6 Å². The second kappa shape index (κ2) is 20.3. The third-order valence-electron chi connectivity index (χ3n) is 3.45. The minimum absolute atomic E-state index is 0. The number of nitrogens with zero attached hydrogens (tertiary/aromatic N) is 6. The maximum atomic E-state index is 10.9. The van der Waals surface area contributed by atoms with E-state index in [9.17, 15) is 5.11 Å². The van der Waals surface area contributed by atoms with Crippen molar-refractivity contribution in [1.29, 1.82) is 0 Å². The van der Waals surface area contributed by atoms with E-state index in [1.165, 1.54) is 24.3 Å². The summed E-state index contributed by atoms with van der Waals surface area (Å²) in [4.78, 5) is 31.8. The normalized spacial score (nSPS) is 8.41. The molecule has 4 N–H and O–H groups in total. The first-order valence-corrected chi connectivity index (χ1v) is 9.24. The average Bonchev–Trinajstić information content (AvgIpc) is 2.79. The fourth-order valence-corrected chi connectivity index (χ4v) is 2.26. The van der Waals surface area contributed by atoms with Crippen LogP contribution in [0.2, 0.25) is 0 Å². The third kappa shape index (κ3) is 17.3. The Bertz CT molecular complexity index is 1110. The largest absolute Gasteiger partial charge is 2.00 e. The first kappa shape index (κ1) is 38.7. The Kier molecular flexibility index (Phi) is 20.1. The van der Waals surface area contributed by atoms with E-state index in [0.29, 0.717) is 22.8 Å². The van der Waals surface area contributed by atoms with Gasteiger partial charge in [-0.3, -0.25) is 4.98 Å². The summed E-state index contributed by atoms with van der Waals surface area (Å²) < 4.78 is 0. The fourth-order valence-electron chi connectivity index (χ4n) is 2.26. The molecule has 4 aromatic heterocycles. The molecule has 0 spiro atoms. The first-order valence-electron chi connectivity index (χ1n) is 9.24. The molecule has 4 rings (SSSR count). The van der Waals surface area contributed by atoms with Crippen LogP contribution in [0.15, 0.2) is 72.8 Å². The summed E-state index contributed by atoms with van der Waals surface area (Å²) in [7, 11) is 0. The molecule has 4 aromatic rings. The van der Waals surface area contributed by atoms with Gasteiger partial charge in [0.15, 0.2) is 0 Å². The van der Waals surface area contributed by atoms with Gasteiger partial charge in [0.05, 0.1) is 32.9 Å². The van der Waals surface area contributed by atoms with Crippen LogP contribution in [-0.2, 0) is 34.1 Å². The summed E-state index contributed by atoms with van der Waals surface area (Å²) in [6.07, 6.45) is 0. The zero-order valence-corrected chi connectivity index (χ0v) is 20.7. The molecule has 0 aliphatic carbocycles. The number of aromatic nitrogens is 4. The van der Waals surface area contributed by atoms with Crippen molar-refractivity contribution in [1.82, 2.24) is 19.9 Å². The van der Waals surface area contributed by atoms with Gasteiger partial charge < -0.3 is 56.5 Å². The molecule has 0 bridgehead atoms. The van der Waals surface area contributed by atoms with Crippen molar-refractivity contribution >= 4 is 0 Å². The summed E-state index contributed by atoms with van der Waals surface area (Å²) in [5.74, 6) is -0.520. The Hall–Kier alpha value is -4.80. The van der Waals surface area contributed by atoms with Gasteiger partial charge in [0.25, 0.3) is 0 Å². The van der Waals surface area contributed by atoms with Crippen LogP contribution in [-0.4, -0.2) is 50.9 Å². The van der Waals surface area contributed by atoms with E-state index in [0.717, 1.165) is 0 Å². The molecule has 17 nitrogen and oxygen atoms in total. The van der Waals surface area contributed by atoms with E-state index >= 15 is 0 Å². The van der Waals surface area contributed by atoms with E-state index in [2.05, 4.69) is 19.9 Å². The Morgan fingerprint density at radius 1 is 0.513 bits per heavy atom. The molecule has 0 aliphatic heterocycles. The summed E-state index contributed by atoms with van der Waals surface area (Å²) in [6.45, 7) is 0. The predicted octanol–water partition coefficient (Wildman–Crippen LogP) is 1.82. The van der Waals surface area contributed by atoms with Crippen molar-refractivity contribution in [3.05, 3.63) is 103 Å². The minimum atomic E-state index is -1.75. The number of hydrogen-bond donors (Lipinski definition) is 3. The van der Waals surface area contributed by atoms with Crippen molar-refractivity contribution in [3.63, 3.8) is 0 Å². The molecule has 0 saturated carbocycles. The third-order valence-corrected chi connectivity index (χ3v) is 3.45. The predicted molar refractivity (Wildman–Crippen MR) is 122 cm³/mol. The van der Waals surface area contributed by atoms with Gasteiger partial charge >= 0.3 is 34.1 Å². The number of aromatic hydroxyl groups is 3. The Labute approximate surface area is 239 Å². The second-order valence-corrected chi connectivity index (χ2v) is 5.95. The van der Waals surface area contributed by atoms with Crippen LogP contribution in [0.4, 0.5) is 0 Å². The zero-order chi connectivity index (χ0) is 27.1. The molecule has 0 saturated heterocycles. The smallest absolute Gasteiger partial charge is 0.870 e. The molecule has 4 heterocycles. The van der Waals surface area contributed by atoms with Crippen molar-refractivity contribution in [2.45, 2.75) is 0 Å². The van der Waals surface area contributed by atoms with Gasteiger partial charge in [-0.15, -0.1) is 0 Å². The van der Waals surface area contributed by atoms with Gasteiger partial charge in [-0.2, -0.15) is 0 Å². The Balaban J connectivity index is -0.000000494. The van der Waals surface area contributed by atoms with Crippen LogP contribution >= 0.6 is 0 Å². The van der Waals surface area contributed by atoms with Crippen molar-refractivity contribution in [3.8, 4) is 46.3 Å². The molecule has 0 aliphatic rings. The molecule has 19 heteroatoms. The summed E-state index contributed by atoms with van der Waals surface area (Å²) in [6, 6.07) is 19.2. The van der Waals surface area contributed by atoms with Crippen LogP contribution < -0.4 is 5.11 Å². The zero-order valence-electron chi connectivity index (χ0n) is 18.9. The molecule has 0 aromatic carbocycles. The monoisotopic (exact) mass is 642 g/mol. The van der Waals surface area contributed by atoms with E-state index in [1.807, 2.05) is 0 Å². The van der Waals surface area contributed by atoms with Gasteiger partial charge in [0.1, 0.15) is 0 Å². The molecular formula is C20H16Cu2N6O11. The Morgan fingerprint density at radius 2 is 0.744 bits per heavy atom. The number of pyridine rings is 4. The maximum absolute atomic E-state index is 10.9. The van der Waals surface area contributed by atoms with E-state index < -0.39 is 10.2 Å². The SMILES string of the molecule is O=[N+]([O-])[O-].O=[N+]([O-])[O-].Oc1cccc(-c2cccc(O)n2)n1.[Cu+2].[Cu+2].[O-]c1cccc(-c2cccc(O)n2)n1.[OH-]. The average molecular weight is 643 g/mol. The molecular weight excluding hydrogens is 627 g/mol. The molecule has 0 atom stereocenters. The maximum Gasteiger partial charge on any atom is 2.00 e. The van der Waals surface area contributed by atoms with Crippen molar-refractivity contribution < 1.29 is 70.2 Å². The molecule has 0 amide bonds. The Morgan fingerprint density at radius 3 is 0.974 bits per heavy atom. The van der Waals surface area contributed by atoms with E-state index in [4.69, 9.17) is 46.0 Å². The van der Waals surface area contributed by atoms with Gasteiger partial charge in [0, 0.05) is 18.2 Å². The van der Waals surface area contributed by atoms with Gasteiger partial charge in [-0.25, -0.2) is 15.0 Å². The summed E-state index contributed by atoms with van der Waals surface area (Å²) in [5.41, 5.74) is 2.01. The fraction of sp³-hybridized carbons (Fsp3) is 0. The van der Waals surface area contributed by atoms with Gasteiger partial charge in [-0.05, 0) is 30.1 Å². The van der Waals surface area contributed by atoms with Crippen LogP contribution in [0.1, 0.15) is 0 Å². The molecule has 39 heavy (non-hydrogen) atoms. The van der Waals surface area contributed by atoms with Crippen LogP contribution in [0.3, 0.4) is 0 Å². The topological polar surface area (TPSA) is 298 Å². The molecule has 0 fully saturated rings. The molecule has 214 valence electrons. The van der Waals surface area contributed by atoms with Crippen molar-refractivity contribution in [2.24, 2.45) is 0 Å².